The highest BCUT2D eigenvalue weighted by Gasteiger charge is 2.56. The molecule has 6 nitrogen and oxygen atoms in total. The van der Waals surface area contributed by atoms with Crippen molar-refractivity contribution in [2.45, 2.75) is 52.1 Å². The van der Waals surface area contributed by atoms with Crippen molar-refractivity contribution in [3.63, 3.8) is 0 Å². The molecular weight excluding hydrogens is 366 g/mol. The fourth-order valence-electron chi connectivity index (χ4n) is 5.08. The van der Waals surface area contributed by atoms with Crippen molar-refractivity contribution in [2.75, 3.05) is 20.3 Å². The van der Waals surface area contributed by atoms with Crippen molar-refractivity contribution in [3.05, 3.63) is 42.5 Å². The fourth-order valence-corrected chi connectivity index (χ4v) is 5.08. The Kier molecular flexibility index (Phi) is 6.03. The standard InChI is InChI=1S/C23H33N3O3/c1-6-11-29-19-9-7-18(8-10-19)14-25(5)16-26-20(27)23(24-21(26)28)13-17(2)12-22(3,4)15-23/h6-10,17H,1,11-16H2,2-5H3,(H,24,28)/t17-,23+/m0/s1. The molecule has 0 aromatic heterocycles. The summed E-state index contributed by atoms with van der Waals surface area (Å²) in [5, 5.41) is 3.04. The van der Waals surface area contributed by atoms with Gasteiger partial charge in [0.1, 0.15) is 17.9 Å². The predicted octanol–water partition coefficient (Wildman–Crippen LogP) is 3.78. The third-order valence-electron chi connectivity index (χ3n) is 5.75. The van der Waals surface area contributed by atoms with Crippen LogP contribution in [-0.2, 0) is 11.3 Å². The van der Waals surface area contributed by atoms with Crippen molar-refractivity contribution >= 4 is 11.9 Å². The van der Waals surface area contributed by atoms with E-state index in [4.69, 9.17) is 4.74 Å². The summed E-state index contributed by atoms with van der Waals surface area (Å²) in [5.41, 5.74) is 0.383. The maximum atomic E-state index is 13.3. The summed E-state index contributed by atoms with van der Waals surface area (Å²) in [4.78, 5) is 29.3. The van der Waals surface area contributed by atoms with E-state index in [9.17, 15) is 9.59 Å². The third-order valence-corrected chi connectivity index (χ3v) is 5.75. The zero-order chi connectivity index (χ0) is 21.2. The van der Waals surface area contributed by atoms with Gasteiger partial charge in [-0.15, -0.1) is 0 Å². The number of hydrogen-bond donors (Lipinski definition) is 1. The predicted molar refractivity (Wildman–Crippen MR) is 113 cm³/mol. The Balaban J connectivity index is 1.63. The average Bonchev–Trinajstić information content (AvgIpc) is 2.82. The van der Waals surface area contributed by atoms with Crippen molar-refractivity contribution in [2.24, 2.45) is 11.3 Å². The molecule has 3 rings (SSSR count). The lowest BCUT2D eigenvalue weighted by atomic mass is 9.64. The van der Waals surface area contributed by atoms with Crippen LogP contribution >= 0.6 is 0 Å². The molecule has 1 heterocycles. The molecule has 29 heavy (non-hydrogen) atoms. The molecule has 6 heteroatoms. The summed E-state index contributed by atoms with van der Waals surface area (Å²) >= 11 is 0. The number of ether oxygens (including phenoxy) is 1. The van der Waals surface area contributed by atoms with E-state index in [1.165, 1.54) is 4.90 Å². The number of hydrogen-bond acceptors (Lipinski definition) is 4. The Labute approximate surface area is 173 Å². The van der Waals surface area contributed by atoms with Crippen LogP contribution in [0.15, 0.2) is 36.9 Å². The molecule has 1 saturated heterocycles. The SMILES string of the molecule is C=CCOc1ccc(CN(C)CN2C(=O)N[C@@]3(C[C@@H](C)CC(C)(C)C3)C2=O)cc1. The highest BCUT2D eigenvalue weighted by molar-refractivity contribution is 6.07. The van der Waals surface area contributed by atoms with E-state index < -0.39 is 5.54 Å². The Morgan fingerprint density at radius 3 is 2.59 bits per heavy atom. The van der Waals surface area contributed by atoms with Crippen LogP contribution in [0, 0.1) is 11.3 Å². The van der Waals surface area contributed by atoms with Crippen molar-refractivity contribution in [1.82, 2.24) is 15.1 Å². The maximum absolute atomic E-state index is 13.3. The first-order valence-electron chi connectivity index (χ1n) is 10.3. The summed E-state index contributed by atoms with van der Waals surface area (Å²) in [5.74, 6) is 1.12. The quantitative estimate of drug-likeness (QED) is 0.560. The summed E-state index contributed by atoms with van der Waals surface area (Å²) in [6.07, 6.45) is 4.19. The number of carbonyl (C=O) groups is 2. The Morgan fingerprint density at radius 2 is 1.97 bits per heavy atom. The van der Waals surface area contributed by atoms with E-state index in [2.05, 4.69) is 32.7 Å². The summed E-state index contributed by atoms with van der Waals surface area (Å²) in [7, 11) is 1.92. The molecule has 1 aliphatic heterocycles. The van der Waals surface area contributed by atoms with E-state index >= 15 is 0 Å². The maximum Gasteiger partial charge on any atom is 0.326 e. The third kappa shape index (κ3) is 4.81. The number of benzene rings is 1. The average molecular weight is 400 g/mol. The van der Waals surface area contributed by atoms with Crippen LogP contribution in [0.1, 0.15) is 45.6 Å². The lowest BCUT2D eigenvalue weighted by Crippen LogP contribution is -2.54. The van der Waals surface area contributed by atoms with Crippen LogP contribution in [0.5, 0.6) is 5.75 Å². The fraction of sp³-hybridized carbons (Fsp3) is 0.565. The zero-order valence-electron chi connectivity index (χ0n) is 18.0. The first-order chi connectivity index (χ1) is 13.6. The Morgan fingerprint density at radius 1 is 1.28 bits per heavy atom. The van der Waals surface area contributed by atoms with E-state index in [1.54, 1.807) is 6.08 Å². The van der Waals surface area contributed by atoms with Crippen LogP contribution in [0.3, 0.4) is 0 Å². The normalized spacial score (nSPS) is 26.1. The number of amides is 3. The molecule has 0 radical (unpaired) electrons. The zero-order valence-corrected chi connectivity index (χ0v) is 18.0. The van der Waals surface area contributed by atoms with Gasteiger partial charge in [0.25, 0.3) is 5.91 Å². The molecule has 0 bridgehead atoms. The van der Waals surface area contributed by atoms with E-state index in [-0.39, 0.29) is 24.0 Å². The van der Waals surface area contributed by atoms with Gasteiger partial charge in [0.05, 0.1) is 6.67 Å². The van der Waals surface area contributed by atoms with Crippen molar-refractivity contribution < 1.29 is 14.3 Å². The topological polar surface area (TPSA) is 61.9 Å². The van der Waals surface area contributed by atoms with Gasteiger partial charge in [-0.1, -0.05) is 45.6 Å². The summed E-state index contributed by atoms with van der Waals surface area (Å²) < 4.78 is 5.50. The van der Waals surface area contributed by atoms with Crippen molar-refractivity contribution in [3.8, 4) is 5.75 Å². The largest absolute Gasteiger partial charge is 0.490 e. The number of nitrogens with zero attached hydrogens (tertiary/aromatic N) is 2. The summed E-state index contributed by atoms with van der Waals surface area (Å²) in [6.45, 7) is 11.6. The smallest absolute Gasteiger partial charge is 0.326 e. The van der Waals surface area contributed by atoms with E-state index in [0.717, 1.165) is 17.7 Å². The highest BCUT2D eigenvalue weighted by atomic mass is 16.5. The molecule has 1 aromatic carbocycles. The minimum Gasteiger partial charge on any atom is -0.490 e. The van der Waals surface area contributed by atoms with Gasteiger partial charge in [0.15, 0.2) is 0 Å². The second kappa shape index (κ2) is 8.19. The van der Waals surface area contributed by atoms with E-state index in [0.29, 0.717) is 31.9 Å². The van der Waals surface area contributed by atoms with Crippen LogP contribution in [0.25, 0.3) is 0 Å². The van der Waals surface area contributed by atoms with Gasteiger partial charge in [-0.25, -0.2) is 9.69 Å². The van der Waals surface area contributed by atoms with Gasteiger partial charge in [-0.2, -0.15) is 0 Å². The monoisotopic (exact) mass is 399 g/mol. The van der Waals surface area contributed by atoms with Gasteiger partial charge in [0, 0.05) is 6.54 Å². The molecule has 2 fully saturated rings. The molecule has 1 saturated carbocycles. The summed E-state index contributed by atoms with van der Waals surface area (Å²) in [6, 6.07) is 7.54. The van der Waals surface area contributed by atoms with Crippen LogP contribution in [0.2, 0.25) is 0 Å². The van der Waals surface area contributed by atoms with Crippen molar-refractivity contribution in [1.29, 1.82) is 0 Å². The lowest BCUT2D eigenvalue weighted by molar-refractivity contribution is -0.136. The van der Waals surface area contributed by atoms with Gasteiger partial charge in [-0.3, -0.25) is 9.69 Å². The van der Waals surface area contributed by atoms with Crippen LogP contribution < -0.4 is 10.1 Å². The van der Waals surface area contributed by atoms with Gasteiger partial charge >= 0.3 is 6.03 Å². The molecule has 1 aliphatic carbocycles. The molecule has 1 aromatic rings. The first-order valence-corrected chi connectivity index (χ1v) is 10.3. The number of imide groups is 1. The van der Waals surface area contributed by atoms with E-state index in [1.807, 2.05) is 36.2 Å². The van der Waals surface area contributed by atoms with Gasteiger partial charge in [-0.05, 0) is 55.3 Å². The minimum atomic E-state index is -0.747. The lowest BCUT2D eigenvalue weighted by Gasteiger charge is -2.43. The number of rotatable bonds is 7. The van der Waals surface area contributed by atoms with Crippen LogP contribution in [0.4, 0.5) is 4.79 Å². The molecule has 1 spiro atoms. The van der Waals surface area contributed by atoms with Crippen LogP contribution in [-0.4, -0.2) is 47.6 Å². The Bertz CT molecular complexity index is 774. The second-order valence-corrected chi connectivity index (χ2v) is 9.50. The molecular formula is C23H33N3O3. The first kappa shape index (κ1) is 21.4. The number of nitrogens with one attached hydrogen (secondary N) is 1. The highest BCUT2D eigenvalue weighted by Crippen LogP contribution is 2.46. The second-order valence-electron chi connectivity index (χ2n) is 9.50. The Hall–Kier alpha value is -2.34. The number of carbonyl (C=O) groups excluding carboxylic acids is 2. The molecule has 2 aliphatic rings. The molecule has 158 valence electrons. The molecule has 2 atom stereocenters. The minimum absolute atomic E-state index is 0.0396. The molecule has 3 amide bonds. The van der Waals surface area contributed by atoms with Gasteiger partial charge < -0.3 is 10.1 Å². The molecule has 0 unspecified atom stereocenters. The van der Waals surface area contributed by atoms with Gasteiger partial charge in [0.2, 0.25) is 0 Å². The molecule has 1 N–H and O–H groups in total. The number of urea groups is 1.